The molecule has 1 N–H and O–H groups in total. The molecule has 1 atom stereocenters. The van der Waals surface area contributed by atoms with Crippen molar-refractivity contribution in [3.05, 3.63) is 36.0 Å². The van der Waals surface area contributed by atoms with Gasteiger partial charge >= 0.3 is 5.97 Å². The van der Waals surface area contributed by atoms with Gasteiger partial charge in [0.15, 0.2) is 0 Å². The Balaban J connectivity index is 2.32. The number of pyridine rings is 1. The number of ether oxygens (including phenoxy) is 1. The van der Waals surface area contributed by atoms with Gasteiger partial charge in [0.25, 0.3) is 0 Å². The third kappa shape index (κ3) is 2.77. The van der Waals surface area contributed by atoms with Gasteiger partial charge in [0.05, 0.1) is 6.42 Å². The summed E-state index contributed by atoms with van der Waals surface area (Å²) >= 11 is 0. The molecular weight excluding hydrogens is 230 g/mol. The van der Waals surface area contributed by atoms with Crippen LogP contribution in [0.4, 0.5) is 0 Å². The molecule has 94 valence electrons. The molecule has 0 saturated carbocycles. The van der Waals surface area contributed by atoms with Gasteiger partial charge in [0.1, 0.15) is 17.4 Å². The van der Waals surface area contributed by atoms with Crippen LogP contribution in [0, 0.1) is 6.92 Å². The average Bonchev–Trinajstić information content (AvgIpc) is 2.28. The zero-order valence-corrected chi connectivity index (χ0v) is 10.4. The normalized spacial score (nSPS) is 12.3. The number of aliphatic carboxylic acids is 1. The molecule has 0 saturated heterocycles. The van der Waals surface area contributed by atoms with Crippen molar-refractivity contribution >= 4 is 16.9 Å². The Bertz CT molecular complexity index is 580. The van der Waals surface area contributed by atoms with E-state index in [9.17, 15) is 4.79 Å². The second-order valence-electron chi connectivity index (χ2n) is 4.31. The summed E-state index contributed by atoms with van der Waals surface area (Å²) in [6, 6.07) is 9.56. The highest BCUT2D eigenvalue weighted by Gasteiger charge is 2.11. The number of aryl methyl sites for hydroxylation is 1. The van der Waals surface area contributed by atoms with Crippen LogP contribution in [0.2, 0.25) is 0 Å². The molecule has 1 aromatic heterocycles. The van der Waals surface area contributed by atoms with E-state index in [1.807, 2.05) is 37.3 Å². The predicted molar refractivity (Wildman–Crippen MR) is 68.8 cm³/mol. The first-order valence-electron chi connectivity index (χ1n) is 5.81. The molecule has 0 aliphatic heterocycles. The first-order chi connectivity index (χ1) is 8.56. The quantitative estimate of drug-likeness (QED) is 0.899. The van der Waals surface area contributed by atoms with Gasteiger partial charge in [-0.25, -0.2) is 4.98 Å². The number of carboxylic acid groups (broad SMARTS) is 1. The summed E-state index contributed by atoms with van der Waals surface area (Å²) in [5, 5.41) is 9.71. The molecule has 2 aromatic rings. The van der Waals surface area contributed by atoms with E-state index in [0.717, 1.165) is 16.6 Å². The Morgan fingerprint density at radius 2 is 2.17 bits per heavy atom. The van der Waals surface area contributed by atoms with Crippen molar-refractivity contribution in [1.29, 1.82) is 0 Å². The van der Waals surface area contributed by atoms with E-state index in [-0.39, 0.29) is 12.5 Å². The molecule has 1 aromatic carbocycles. The molecule has 0 spiro atoms. The molecule has 0 amide bonds. The van der Waals surface area contributed by atoms with Crippen LogP contribution in [0.5, 0.6) is 5.75 Å². The van der Waals surface area contributed by atoms with Gasteiger partial charge in [0.2, 0.25) is 0 Å². The maximum Gasteiger partial charge on any atom is 0.307 e. The molecule has 0 bridgehead atoms. The second-order valence-corrected chi connectivity index (χ2v) is 4.31. The summed E-state index contributed by atoms with van der Waals surface area (Å²) in [4.78, 5) is 15.1. The van der Waals surface area contributed by atoms with Gasteiger partial charge in [-0.05, 0) is 26.0 Å². The van der Waals surface area contributed by atoms with Crippen molar-refractivity contribution in [1.82, 2.24) is 4.98 Å². The lowest BCUT2D eigenvalue weighted by molar-refractivity contribution is -0.138. The van der Waals surface area contributed by atoms with Crippen molar-refractivity contribution in [3.8, 4) is 5.75 Å². The van der Waals surface area contributed by atoms with Crippen LogP contribution in [0.15, 0.2) is 30.3 Å². The Morgan fingerprint density at radius 1 is 1.39 bits per heavy atom. The molecule has 2 rings (SSSR count). The van der Waals surface area contributed by atoms with Crippen LogP contribution in [0.25, 0.3) is 10.9 Å². The van der Waals surface area contributed by atoms with Crippen molar-refractivity contribution in [3.63, 3.8) is 0 Å². The van der Waals surface area contributed by atoms with E-state index in [1.54, 1.807) is 6.92 Å². The van der Waals surface area contributed by atoms with Gasteiger partial charge in [-0.3, -0.25) is 4.79 Å². The fraction of sp³-hybridized carbons (Fsp3) is 0.286. The van der Waals surface area contributed by atoms with Gasteiger partial charge in [-0.15, -0.1) is 0 Å². The SMILES string of the molecule is Cc1ccc2cccc(OC(C)CC(=O)O)c2n1. The van der Waals surface area contributed by atoms with Crippen molar-refractivity contribution in [2.24, 2.45) is 0 Å². The molecule has 0 fully saturated rings. The van der Waals surface area contributed by atoms with Crippen molar-refractivity contribution in [2.75, 3.05) is 0 Å². The minimum absolute atomic E-state index is 0.0256. The summed E-state index contributed by atoms with van der Waals surface area (Å²) in [7, 11) is 0. The molecule has 0 aliphatic rings. The van der Waals surface area contributed by atoms with E-state index in [0.29, 0.717) is 5.75 Å². The lowest BCUT2D eigenvalue weighted by Gasteiger charge is -2.14. The number of hydrogen-bond acceptors (Lipinski definition) is 3. The summed E-state index contributed by atoms with van der Waals surface area (Å²) in [5.41, 5.74) is 1.68. The van der Waals surface area contributed by atoms with Gasteiger partial charge in [0, 0.05) is 11.1 Å². The number of hydrogen-bond donors (Lipinski definition) is 1. The standard InChI is InChI=1S/C14H15NO3/c1-9-6-7-11-4-3-5-12(14(11)15-9)18-10(2)8-13(16)17/h3-7,10H,8H2,1-2H3,(H,16,17). The second kappa shape index (κ2) is 5.04. The minimum Gasteiger partial charge on any atom is -0.488 e. The first-order valence-corrected chi connectivity index (χ1v) is 5.81. The summed E-state index contributed by atoms with van der Waals surface area (Å²) < 4.78 is 5.65. The maximum atomic E-state index is 10.6. The van der Waals surface area contributed by atoms with Gasteiger partial charge < -0.3 is 9.84 Å². The Kier molecular flexibility index (Phi) is 3.46. The Morgan fingerprint density at radius 3 is 2.89 bits per heavy atom. The molecule has 1 heterocycles. The van der Waals surface area contributed by atoms with E-state index in [2.05, 4.69) is 4.98 Å². The zero-order chi connectivity index (χ0) is 13.1. The summed E-state index contributed by atoms with van der Waals surface area (Å²) in [6.45, 7) is 3.65. The highest BCUT2D eigenvalue weighted by Crippen LogP contribution is 2.25. The predicted octanol–water partition coefficient (Wildman–Crippen LogP) is 2.79. The monoisotopic (exact) mass is 245 g/mol. The van der Waals surface area contributed by atoms with Crippen LogP contribution in [-0.4, -0.2) is 22.2 Å². The summed E-state index contributed by atoms with van der Waals surface area (Å²) in [5.74, 6) is -0.239. The molecule has 0 aliphatic carbocycles. The van der Waals surface area contributed by atoms with E-state index < -0.39 is 5.97 Å². The van der Waals surface area contributed by atoms with E-state index >= 15 is 0 Å². The smallest absolute Gasteiger partial charge is 0.307 e. The van der Waals surface area contributed by atoms with Gasteiger partial charge in [-0.1, -0.05) is 18.2 Å². The van der Waals surface area contributed by atoms with Crippen LogP contribution < -0.4 is 4.74 Å². The highest BCUT2D eigenvalue weighted by molar-refractivity contribution is 5.84. The lowest BCUT2D eigenvalue weighted by Crippen LogP contribution is -2.16. The molecule has 4 nitrogen and oxygen atoms in total. The minimum atomic E-state index is -0.869. The fourth-order valence-corrected chi connectivity index (χ4v) is 1.82. The number of carboxylic acids is 1. The topological polar surface area (TPSA) is 59.4 Å². The number of nitrogens with zero attached hydrogens (tertiary/aromatic N) is 1. The van der Waals surface area contributed by atoms with E-state index in [1.165, 1.54) is 0 Å². The number of benzene rings is 1. The molecule has 1 unspecified atom stereocenters. The molecule has 4 heteroatoms. The third-order valence-electron chi connectivity index (χ3n) is 2.61. The lowest BCUT2D eigenvalue weighted by atomic mass is 10.2. The molecular formula is C14H15NO3. The van der Waals surface area contributed by atoms with Crippen LogP contribution >= 0.6 is 0 Å². The van der Waals surface area contributed by atoms with Crippen LogP contribution in [0.1, 0.15) is 19.0 Å². The number of fused-ring (bicyclic) bond motifs is 1. The maximum absolute atomic E-state index is 10.6. The largest absolute Gasteiger partial charge is 0.488 e. The summed E-state index contributed by atoms with van der Waals surface area (Å²) in [6.07, 6.45) is -0.405. The fourth-order valence-electron chi connectivity index (χ4n) is 1.82. The van der Waals surface area contributed by atoms with E-state index in [4.69, 9.17) is 9.84 Å². The van der Waals surface area contributed by atoms with Crippen molar-refractivity contribution < 1.29 is 14.6 Å². The highest BCUT2D eigenvalue weighted by atomic mass is 16.5. The molecule has 18 heavy (non-hydrogen) atoms. The number of carbonyl (C=O) groups is 1. The Labute approximate surface area is 105 Å². The number of para-hydroxylation sites is 1. The first kappa shape index (κ1) is 12.4. The van der Waals surface area contributed by atoms with Crippen LogP contribution in [-0.2, 0) is 4.79 Å². The van der Waals surface area contributed by atoms with Crippen LogP contribution in [0.3, 0.4) is 0 Å². The van der Waals surface area contributed by atoms with Gasteiger partial charge in [-0.2, -0.15) is 0 Å². The zero-order valence-electron chi connectivity index (χ0n) is 10.4. The number of rotatable bonds is 4. The average molecular weight is 245 g/mol. The molecule has 0 radical (unpaired) electrons. The number of aromatic nitrogens is 1. The van der Waals surface area contributed by atoms with Crippen molar-refractivity contribution in [2.45, 2.75) is 26.4 Å². The third-order valence-corrected chi connectivity index (χ3v) is 2.61. The Hall–Kier alpha value is -2.10.